The van der Waals surface area contributed by atoms with Crippen LogP contribution < -0.4 is 0 Å². The van der Waals surface area contributed by atoms with Gasteiger partial charge in [0.1, 0.15) is 0 Å². The van der Waals surface area contributed by atoms with E-state index in [1.165, 1.54) is 0 Å². The van der Waals surface area contributed by atoms with Crippen molar-refractivity contribution in [3.8, 4) is 0 Å². The molecular weight excluding hydrogens is 556 g/mol. The van der Waals surface area contributed by atoms with Crippen molar-refractivity contribution < 1.29 is 19.4 Å². The molecule has 0 heterocycles. The second-order valence-corrected chi connectivity index (χ2v) is 18.5. The quantitative estimate of drug-likeness (QED) is 0.288. The third-order valence-corrected chi connectivity index (χ3v) is 17.4. The molecule has 0 aromatic heterocycles. The van der Waals surface area contributed by atoms with E-state index in [0.29, 0.717) is 0 Å². The summed E-state index contributed by atoms with van der Waals surface area (Å²) in [5.74, 6) is 0. The molecule has 1 saturated carbocycles. The summed E-state index contributed by atoms with van der Waals surface area (Å²) in [6.45, 7) is 51.3. The van der Waals surface area contributed by atoms with Crippen molar-refractivity contribution in [2.45, 2.75) is 138 Å². The zero-order valence-electron chi connectivity index (χ0n) is 25.9. The molecule has 1 aliphatic rings. The molecule has 0 aliphatic heterocycles. The topological polar surface area (TPSA) is 0 Å². The Bertz CT molecular complexity index is 732. The molecule has 0 bridgehead atoms. The van der Waals surface area contributed by atoms with Crippen LogP contribution in [0.25, 0.3) is 0 Å². The van der Waals surface area contributed by atoms with Gasteiger partial charge in [0.25, 0.3) is 0 Å². The van der Waals surface area contributed by atoms with Crippen molar-refractivity contribution in [1.29, 1.82) is 0 Å². The molecule has 0 radical (unpaired) electrons. The fourth-order valence-corrected chi connectivity index (χ4v) is 9.48. The second-order valence-electron chi connectivity index (χ2n) is 16.3. The zero-order chi connectivity index (χ0) is 26.6. The van der Waals surface area contributed by atoms with Gasteiger partial charge < -0.3 is 0 Å². The maximum absolute atomic E-state index is 2.67. The molecule has 0 aromatic carbocycles. The first kappa shape index (κ1) is 30.6. The number of rotatable bonds is 5. The minimum absolute atomic E-state index is 0.0730. The van der Waals surface area contributed by atoms with Crippen molar-refractivity contribution in [2.24, 2.45) is 54.1 Å². The molecule has 0 atom stereocenters. The van der Waals surface area contributed by atoms with Gasteiger partial charge in [0.2, 0.25) is 0 Å². The fourth-order valence-electron chi connectivity index (χ4n) is 8.57. The van der Waals surface area contributed by atoms with Crippen LogP contribution in [0.15, 0.2) is 0 Å². The third kappa shape index (κ3) is 2.86. The summed E-state index contributed by atoms with van der Waals surface area (Å²) in [4.78, 5) is 0. The molecule has 0 unspecified atom stereocenters. The normalized spacial score (nSPS) is 26.5. The van der Waals surface area contributed by atoms with Gasteiger partial charge in [-0.15, -0.1) is 0 Å². The molecule has 1 rings (SSSR count). The third-order valence-electron chi connectivity index (χ3n) is 15.6. The van der Waals surface area contributed by atoms with Crippen molar-refractivity contribution in [3.63, 3.8) is 0 Å². The van der Waals surface area contributed by atoms with Crippen LogP contribution in [0.4, 0.5) is 0 Å². The van der Waals surface area contributed by atoms with Crippen LogP contribution >= 0.6 is 0 Å². The van der Waals surface area contributed by atoms with E-state index in [2.05, 4.69) is 138 Å². The van der Waals surface area contributed by atoms with Gasteiger partial charge in [-0.3, -0.25) is 0 Å². The summed E-state index contributed by atoms with van der Waals surface area (Å²) in [6.07, 6.45) is 0. The molecule has 0 amide bonds. The molecule has 1 fully saturated rings. The van der Waals surface area contributed by atoms with Gasteiger partial charge in [0.15, 0.2) is 0 Å². The zero-order valence-corrected chi connectivity index (χ0v) is 28.8. The fraction of sp³-hybridized carbons (Fsp3) is 0.968. The number of hydrogen-bond donors (Lipinski definition) is 0. The minimum atomic E-state index is 0.0730. The summed E-state index contributed by atoms with van der Waals surface area (Å²) in [5, 5.41) is 0. The van der Waals surface area contributed by atoms with Crippen molar-refractivity contribution in [1.82, 2.24) is 0 Å². The molecular formula is C31H60W. The first-order chi connectivity index (χ1) is 13.4. The van der Waals surface area contributed by atoms with E-state index in [-0.39, 0.29) is 54.1 Å². The first-order valence-electron chi connectivity index (χ1n) is 13.0. The van der Waals surface area contributed by atoms with Gasteiger partial charge in [-0.25, -0.2) is 0 Å². The van der Waals surface area contributed by atoms with E-state index in [4.69, 9.17) is 0 Å². The Hall–Kier alpha value is 0.558. The van der Waals surface area contributed by atoms with Crippen LogP contribution in [0.3, 0.4) is 0 Å². The SMILES string of the molecule is C[C](=[W])C(C)(C)C(C)(C)C(C)(C)C(C)(C)C1(C)C(C)(C)C(C)(C)C(C)(C)C(C)(C)C1(C)C. The van der Waals surface area contributed by atoms with Crippen LogP contribution in [0.1, 0.15) is 138 Å². The van der Waals surface area contributed by atoms with E-state index in [1.54, 1.807) is 23.3 Å². The molecule has 0 saturated heterocycles. The Morgan fingerprint density at radius 3 is 0.969 bits per heavy atom. The van der Waals surface area contributed by atoms with E-state index in [1.807, 2.05) is 0 Å². The summed E-state index contributed by atoms with van der Waals surface area (Å²) >= 11 is 1.63. The van der Waals surface area contributed by atoms with Crippen LogP contribution in [-0.4, -0.2) is 3.90 Å². The first-order valence-corrected chi connectivity index (χ1v) is 14.4. The predicted octanol–water partition coefficient (Wildman–Crippen LogP) is 9.98. The van der Waals surface area contributed by atoms with E-state index in [9.17, 15) is 0 Å². The monoisotopic (exact) mass is 616 g/mol. The Morgan fingerprint density at radius 2 is 0.719 bits per heavy atom. The molecule has 0 N–H and O–H groups in total. The molecule has 32 heavy (non-hydrogen) atoms. The molecule has 0 aromatic rings. The Balaban J connectivity index is 4.15. The van der Waals surface area contributed by atoms with Crippen molar-refractivity contribution in [2.75, 3.05) is 0 Å². The summed E-state index contributed by atoms with van der Waals surface area (Å²) in [6, 6.07) is 0. The van der Waals surface area contributed by atoms with Gasteiger partial charge in [-0.1, -0.05) is 0 Å². The van der Waals surface area contributed by atoms with Crippen LogP contribution in [0, 0.1) is 54.1 Å². The molecule has 190 valence electrons. The predicted molar refractivity (Wildman–Crippen MR) is 143 cm³/mol. The summed E-state index contributed by atoms with van der Waals surface area (Å²) in [5.41, 5.74) is 1.33. The van der Waals surface area contributed by atoms with Crippen LogP contribution in [0.2, 0.25) is 0 Å². The Labute approximate surface area is 215 Å². The Kier molecular flexibility index (Phi) is 6.97. The average molecular weight is 617 g/mol. The van der Waals surface area contributed by atoms with E-state index in [0.717, 1.165) is 0 Å². The molecule has 1 heteroatoms. The standard InChI is InChI=1S/C31H60.W/c1-21-22(2,3)23(4,5)24(6,7)28(14,15)31(20)29(16,17)26(10,11)25(8,9)27(12,13)30(31,18)19;/h1-20H3;. The maximum atomic E-state index is 2.67. The van der Waals surface area contributed by atoms with Gasteiger partial charge >= 0.3 is 216 Å². The van der Waals surface area contributed by atoms with Gasteiger partial charge in [0, 0.05) is 0 Å². The second kappa shape index (κ2) is 7.30. The van der Waals surface area contributed by atoms with Crippen LogP contribution in [0.5, 0.6) is 0 Å². The van der Waals surface area contributed by atoms with Crippen LogP contribution in [-0.2, 0) is 19.4 Å². The van der Waals surface area contributed by atoms with E-state index < -0.39 is 0 Å². The molecule has 1 aliphatic carbocycles. The number of hydrogen-bond acceptors (Lipinski definition) is 0. The summed E-state index contributed by atoms with van der Waals surface area (Å²) < 4.78 is 1.61. The average Bonchev–Trinajstić information content (AvgIpc) is 2.58. The van der Waals surface area contributed by atoms with Gasteiger partial charge in [-0.2, -0.15) is 0 Å². The van der Waals surface area contributed by atoms with Crippen molar-refractivity contribution in [3.05, 3.63) is 0 Å². The van der Waals surface area contributed by atoms with Gasteiger partial charge in [0.05, 0.1) is 0 Å². The van der Waals surface area contributed by atoms with E-state index >= 15 is 0 Å². The molecule has 0 spiro atoms. The van der Waals surface area contributed by atoms with Gasteiger partial charge in [-0.05, 0) is 0 Å². The van der Waals surface area contributed by atoms with Crippen molar-refractivity contribution >= 4 is 3.90 Å². The summed E-state index contributed by atoms with van der Waals surface area (Å²) in [7, 11) is 0. The molecule has 0 nitrogen and oxygen atoms in total. The Morgan fingerprint density at radius 1 is 0.469 bits per heavy atom.